The van der Waals surface area contributed by atoms with Crippen LogP contribution in [-0.4, -0.2) is 20.7 Å². The molecule has 2 aromatic heterocycles. The Labute approximate surface area is 139 Å². The molecule has 1 aromatic carbocycles. The van der Waals surface area contributed by atoms with Gasteiger partial charge in [0.15, 0.2) is 0 Å². The van der Waals surface area contributed by atoms with Gasteiger partial charge in [-0.1, -0.05) is 18.2 Å². The van der Waals surface area contributed by atoms with Gasteiger partial charge in [0.05, 0.1) is 17.8 Å². The zero-order valence-electron chi connectivity index (χ0n) is 13.5. The van der Waals surface area contributed by atoms with Crippen LogP contribution in [-0.2, 0) is 31.1 Å². The van der Waals surface area contributed by atoms with Crippen molar-refractivity contribution in [1.29, 1.82) is 0 Å². The molecule has 0 saturated carbocycles. The molecular weight excluding hydrogens is 304 g/mol. The Hall–Kier alpha value is -2.89. The Morgan fingerprint density at radius 3 is 2.96 bits per heavy atom. The number of hydrogen-bond acceptors (Lipinski definition) is 4. The van der Waals surface area contributed by atoms with E-state index in [1.54, 1.807) is 4.68 Å². The van der Waals surface area contributed by atoms with Gasteiger partial charge in [-0.2, -0.15) is 5.10 Å². The average Bonchev–Trinajstić information content (AvgIpc) is 3.28. The summed E-state index contributed by atoms with van der Waals surface area (Å²) in [5, 5.41) is 7.43. The maximum absolute atomic E-state index is 12.3. The summed E-state index contributed by atoms with van der Waals surface area (Å²) in [6.45, 7) is 0. The lowest BCUT2D eigenvalue weighted by atomic mass is 10.2. The second-order valence-electron chi connectivity index (χ2n) is 5.99. The van der Waals surface area contributed by atoms with E-state index in [0.717, 1.165) is 41.9 Å². The second-order valence-corrected chi connectivity index (χ2v) is 5.99. The van der Waals surface area contributed by atoms with Crippen molar-refractivity contribution in [2.24, 2.45) is 7.05 Å². The maximum atomic E-state index is 12.3. The smallest absolute Gasteiger partial charge is 0.231 e. The fourth-order valence-electron chi connectivity index (χ4n) is 3.12. The molecule has 0 radical (unpaired) electrons. The standard InChI is InChI=1S/C18H18N4O2/c1-22-17(14-8-5-9-15(14)21-22)20-16(23)10-13-11-24-18(19-13)12-6-3-2-4-7-12/h2-4,6-7,11H,5,8-10H2,1H3,(H,20,23). The van der Waals surface area contributed by atoms with Crippen molar-refractivity contribution in [3.63, 3.8) is 0 Å². The highest BCUT2D eigenvalue weighted by atomic mass is 16.3. The SMILES string of the molecule is Cn1nc2c(c1NC(=O)Cc1coc(-c3ccccc3)n1)CCC2. The number of aryl methyl sites for hydroxylation is 2. The second kappa shape index (κ2) is 5.96. The zero-order valence-corrected chi connectivity index (χ0v) is 13.5. The van der Waals surface area contributed by atoms with Gasteiger partial charge in [0.1, 0.15) is 12.1 Å². The van der Waals surface area contributed by atoms with E-state index >= 15 is 0 Å². The van der Waals surface area contributed by atoms with Crippen LogP contribution in [0.2, 0.25) is 0 Å². The molecule has 0 fully saturated rings. The molecule has 0 saturated heterocycles. The quantitative estimate of drug-likeness (QED) is 0.801. The van der Waals surface area contributed by atoms with Crippen LogP contribution in [0.5, 0.6) is 0 Å². The van der Waals surface area contributed by atoms with Crippen LogP contribution < -0.4 is 5.32 Å². The van der Waals surface area contributed by atoms with Crippen molar-refractivity contribution in [2.45, 2.75) is 25.7 Å². The summed E-state index contributed by atoms with van der Waals surface area (Å²) in [4.78, 5) is 16.7. The van der Waals surface area contributed by atoms with E-state index < -0.39 is 0 Å². The third-order valence-corrected chi connectivity index (χ3v) is 4.24. The highest BCUT2D eigenvalue weighted by Crippen LogP contribution is 2.28. The molecule has 3 aromatic rings. The molecule has 122 valence electrons. The Balaban J connectivity index is 1.47. The summed E-state index contributed by atoms with van der Waals surface area (Å²) in [5.41, 5.74) is 3.77. The van der Waals surface area contributed by atoms with Gasteiger partial charge >= 0.3 is 0 Å². The van der Waals surface area contributed by atoms with E-state index in [9.17, 15) is 4.79 Å². The molecule has 0 bridgehead atoms. The highest BCUT2D eigenvalue weighted by molar-refractivity contribution is 5.92. The molecule has 0 atom stereocenters. The van der Waals surface area contributed by atoms with E-state index in [1.165, 1.54) is 6.26 Å². The minimum absolute atomic E-state index is 0.111. The number of aromatic nitrogens is 3. The predicted molar refractivity (Wildman–Crippen MR) is 89.5 cm³/mol. The fourth-order valence-corrected chi connectivity index (χ4v) is 3.12. The first-order valence-corrected chi connectivity index (χ1v) is 8.05. The Morgan fingerprint density at radius 2 is 2.12 bits per heavy atom. The third kappa shape index (κ3) is 2.71. The Bertz CT molecular complexity index is 880. The van der Waals surface area contributed by atoms with Crippen molar-refractivity contribution in [3.05, 3.63) is 53.5 Å². The Morgan fingerprint density at radius 1 is 1.29 bits per heavy atom. The molecule has 0 aliphatic heterocycles. The number of oxazole rings is 1. The van der Waals surface area contributed by atoms with Crippen LogP contribution in [0, 0.1) is 0 Å². The van der Waals surface area contributed by atoms with Gasteiger partial charge in [0, 0.05) is 18.2 Å². The number of hydrogen-bond donors (Lipinski definition) is 1. The van der Waals surface area contributed by atoms with Crippen molar-refractivity contribution in [1.82, 2.24) is 14.8 Å². The van der Waals surface area contributed by atoms with Gasteiger partial charge in [-0.25, -0.2) is 4.98 Å². The number of rotatable bonds is 4. The van der Waals surface area contributed by atoms with Crippen LogP contribution in [0.25, 0.3) is 11.5 Å². The molecule has 1 N–H and O–H groups in total. The molecule has 1 amide bonds. The summed E-state index contributed by atoms with van der Waals surface area (Å²) in [7, 11) is 1.86. The van der Waals surface area contributed by atoms with E-state index in [1.807, 2.05) is 37.4 Å². The highest BCUT2D eigenvalue weighted by Gasteiger charge is 2.22. The summed E-state index contributed by atoms with van der Waals surface area (Å²) in [5.74, 6) is 1.22. The lowest BCUT2D eigenvalue weighted by Crippen LogP contribution is -2.17. The van der Waals surface area contributed by atoms with E-state index in [-0.39, 0.29) is 12.3 Å². The number of carbonyl (C=O) groups excluding carboxylic acids is 1. The fraction of sp³-hybridized carbons (Fsp3) is 0.278. The maximum Gasteiger partial charge on any atom is 0.231 e. The summed E-state index contributed by atoms with van der Waals surface area (Å²) < 4.78 is 7.23. The normalized spacial score (nSPS) is 13.0. The van der Waals surface area contributed by atoms with Crippen LogP contribution in [0.3, 0.4) is 0 Å². The van der Waals surface area contributed by atoms with Gasteiger partial charge in [-0.15, -0.1) is 0 Å². The van der Waals surface area contributed by atoms with Crippen molar-refractivity contribution >= 4 is 11.7 Å². The molecule has 24 heavy (non-hydrogen) atoms. The molecule has 4 rings (SSSR count). The van der Waals surface area contributed by atoms with E-state index in [0.29, 0.717) is 11.6 Å². The average molecular weight is 322 g/mol. The number of nitrogens with one attached hydrogen (secondary N) is 1. The van der Waals surface area contributed by atoms with Gasteiger partial charge in [0.25, 0.3) is 0 Å². The minimum Gasteiger partial charge on any atom is -0.444 e. The molecule has 0 spiro atoms. The first-order valence-electron chi connectivity index (χ1n) is 8.05. The van der Waals surface area contributed by atoms with Gasteiger partial charge in [0.2, 0.25) is 11.8 Å². The molecule has 1 aliphatic rings. The largest absolute Gasteiger partial charge is 0.444 e. The lowest BCUT2D eigenvalue weighted by Gasteiger charge is -2.06. The first-order chi connectivity index (χ1) is 11.7. The van der Waals surface area contributed by atoms with Gasteiger partial charge in [-0.05, 0) is 31.4 Å². The first kappa shape index (κ1) is 14.7. The van der Waals surface area contributed by atoms with Crippen LogP contribution >= 0.6 is 0 Å². The van der Waals surface area contributed by atoms with Crippen molar-refractivity contribution < 1.29 is 9.21 Å². The number of benzene rings is 1. The number of anilines is 1. The summed E-state index contributed by atoms with van der Waals surface area (Å²) >= 11 is 0. The predicted octanol–water partition coefficient (Wildman–Crippen LogP) is 2.75. The monoisotopic (exact) mass is 322 g/mol. The molecule has 1 aliphatic carbocycles. The molecule has 6 heteroatoms. The minimum atomic E-state index is -0.111. The number of fused-ring (bicyclic) bond motifs is 1. The number of nitrogens with zero attached hydrogens (tertiary/aromatic N) is 3. The van der Waals surface area contributed by atoms with Crippen LogP contribution in [0.4, 0.5) is 5.82 Å². The zero-order chi connectivity index (χ0) is 16.5. The molecule has 2 heterocycles. The van der Waals surface area contributed by atoms with Crippen LogP contribution in [0.1, 0.15) is 23.4 Å². The van der Waals surface area contributed by atoms with Crippen molar-refractivity contribution in [3.8, 4) is 11.5 Å². The van der Waals surface area contributed by atoms with Gasteiger partial charge in [-0.3, -0.25) is 9.48 Å². The lowest BCUT2D eigenvalue weighted by molar-refractivity contribution is -0.115. The number of carbonyl (C=O) groups is 1. The molecule has 0 unspecified atom stereocenters. The summed E-state index contributed by atoms with van der Waals surface area (Å²) in [6.07, 6.45) is 4.78. The van der Waals surface area contributed by atoms with Crippen molar-refractivity contribution in [2.75, 3.05) is 5.32 Å². The Kier molecular flexibility index (Phi) is 3.65. The number of amides is 1. The third-order valence-electron chi connectivity index (χ3n) is 4.24. The van der Waals surface area contributed by atoms with Crippen LogP contribution in [0.15, 0.2) is 41.0 Å². The van der Waals surface area contributed by atoms with E-state index in [2.05, 4.69) is 15.4 Å². The topological polar surface area (TPSA) is 73.0 Å². The van der Waals surface area contributed by atoms with E-state index in [4.69, 9.17) is 4.42 Å². The van der Waals surface area contributed by atoms with Gasteiger partial charge < -0.3 is 9.73 Å². The summed E-state index contributed by atoms with van der Waals surface area (Å²) in [6, 6.07) is 9.64. The molecular formula is C18H18N4O2. The molecule has 6 nitrogen and oxygen atoms in total.